The molecule has 4 nitrogen and oxygen atoms in total. The zero-order valence-electron chi connectivity index (χ0n) is 6.11. The minimum absolute atomic E-state index is 0.119. The van der Waals surface area contributed by atoms with E-state index in [0.717, 1.165) is 0 Å². The number of carboxylic acids is 1. The van der Waals surface area contributed by atoms with E-state index in [1.165, 1.54) is 0 Å². The lowest BCUT2D eigenvalue weighted by Crippen LogP contribution is -2.44. The smallest absolute Gasteiger partial charge is 0.323 e. The second-order valence-corrected chi connectivity index (χ2v) is 2.60. The van der Waals surface area contributed by atoms with Crippen LogP contribution in [0.15, 0.2) is 0 Å². The molecular formula is C6H13NO3. The third-order valence-electron chi connectivity index (χ3n) is 1.34. The van der Waals surface area contributed by atoms with E-state index in [4.69, 9.17) is 15.9 Å². The van der Waals surface area contributed by atoms with Gasteiger partial charge in [0.2, 0.25) is 0 Å². The fourth-order valence-corrected chi connectivity index (χ4v) is 0.561. The predicted molar refractivity (Wildman–Crippen MR) is 36.5 cm³/mol. The highest BCUT2D eigenvalue weighted by Gasteiger charge is 2.24. The summed E-state index contributed by atoms with van der Waals surface area (Å²) in [4.78, 5) is 10.2. The summed E-state index contributed by atoms with van der Waals surface area (Å²) in [7, 11) is 0. The quantitative estimate of drug-likeness (QED) is 0.498. The predicted octanol–water partition coefficient (Wildman–Crippen LogP) is -0.585. The number of carbonyl (C=O) groups is 1. The lowest BCUT2D eigenvalue weighted by Gasteiger charge is -2.17. The van der Waals surface area contributed by atoms with Crippen molar-refractivity contribution in [1.29, 1.82) is 0 Å². The Morgan fingerprint density at radius 1 is 1.50 bits per heavy atom. The number of aliphatic carboxylic acids is 1. The van der Waals surface area contributed by atoms with E-state index >= 15 is 0 Å². The second-order valence-electron chi connectivity index (χ2n) is 2.60. The topological polar surface area (TPSA) is 83.5 Å². The molecule has 0 fully saturated rings. The maximum Gasteiger partial charge on any atom is 0.323 e. The van der Waals surface area contributed by atoms with Crippen LogP contribution in [0.3, 0.4) is 0 Å². The molecule has 0 radical (unpaired) electrons. The molecule has 0 spiro atoms. The van der Waals surface area contributed by atoms with Gasteiger partial charge in [-0.2, -0.15) is 0 Å². The molecule has 10 heavy (non-hydrogen) atoms. The van der Waals surface area contributed by atoms with Crippen LogP contribution < -0.4 is 5.73 Å². The van der Waals surface area contributed by atoms with E-state index in [-0.39, 0.29) is 5.92 Å². The molecule has 0 aliphatic heterocycles. The Morgan fingerprint density at radius 3 is 2.00 bits per heavy atom. The van der Waals surface area contributed by atoms with Gasteiger partial charge in [0.05, 0.1) is 6.10 Å². The Hall–Kier alpha value is -0.610. The van der Waals surface area contributed by atoms with Crippen molar-refractivity contribution in [1.82, 2.24) is 0 Å². The Bertz CT molecular complexity index is 124. The first kappa shape index (κ1) is 9.39. The first-order valence-electron chi connectivity index (χ1n) is 3.13. The van der Waals surface area contributed by atoms with Gasteiger partial charge in [-0.3, -0.25) is 4.79 Å². The number of nitrogens with two attached hydrogens (primary N) is 1. The Labute approximate surface area is 59.7 Å². The first-order chi connectivity index (χ1) is 4.46. The second kappa shape index (κ2) is 3.53. The standard InChI is InChI=1S/C6H13NO3/c1-3(2)5(8)4(7)6(9)10/h3-5,8H,7H2,1-2H3,(H,9,10)/t4-,5-/m1/s1. The maximum absolute atomic E-state index is 10.2. The SMILES string of the molecule is CC(C)[C@@H](O)[C@@H](N)C(=O)O. The van der Waals surface area contributed by atoms with Crippen LogP contribution in [0.5, 0.6) is 0 Å². The number of hydrogen-bond donors (Lipinski definition) is 3. The summed E-state index contributed by atoms with van der Waals surface area (Å²) >= 11 is 0. The molecule has 0 saturated heterocycles. The van der Waals surface area contributed by atoms with Gasteiger partial charge in [-0.25, -0.2) is 0 Å². The van der Waals surface area contributed by atoms with Crippen molar-refractivity contribution in [2.45, 2.75) is 26.0 Å². The molecule has 2 atom stereocenters. The molecule has 0 amide bonds. The van der Waals surface area contributed by atoms with E-state index in [1.807, 2.05) is 0 Å². The van der Waals surface area contributed by atoms with Crippen LogP contribution in [-0.2, 0) is 4.79 Å². The molecule has 0 aromatic rings. The lowest BCUT2D eigenvalue weighted by atomic mass is 10.0. The Morgan fingerprint density at radius 2 is 1.90 bits per heavy atom. The summed E-state index contributed by atoms with van der Waals surface area (Å²) in [6, 6.07) is -1.17. The van der Waals surface area contributed by atoms with Crippen LogP contribution in [0.4, 0.5) is 0 Å². The van der Waals surface area contributed by atoms with Gasteiger partial charge in [0.15, 0.2) is 0 Å². The van der Waals surface area contributed by atoms with Crippen molar-refractivity contribution < 1.29 is 15.0 Å². The molecule has 60 valence electrons. The highest BCUT2D eigenvalue weighted by Crippen LogP contribution is 2.03. The monoisotopic (exact) mass is 147 g/mol. The van der Waals surface area contributed by atoms with Gasteiger partial charge in [-0.1, -0.05) is 13.8 Å². The van der Waals surface area contributed by atoms with E-state index in [9.17, 15) is 4.79 Å². The van der Waals surface area contributed by atoms with Crippen molar-refractivity contribution in [3.05, 3.63) is 0 Å². The normalized spacial score (nSPS) is 16.9. The third-order valence-corrected chi connectivity index (χ3v) is 1.34. The van der Waals surface area contributed by atoms with Crippen molar-refractivity contribution in [2.75, 3.05) is 0 Å². The lowest BCUT2D eigenvalue weighted by molar-refractivity contribution is -0.141. The zero-order chi connectivity index (χ0) is 8.31. The fraction of sp³-hybridized carbons (Fsp3) is 0.833. The summed E-state index contributed by atoms with van der Waals surface area (Å²) < 4.78 is 0. The van der Waals surface area contributed by atoms with Crippen LogP contribution in [0, 0.1) is 5.92 Å². The van der Waals surface area contributed by atoms with Gasteiger partial charge < -0.3 is 15.9 Å². The summed E-state index contributed by atoms with van der Waals surface area (Å²) in [5.41, 5.74) is 5.11. The molecule has 4 heteroatoms. The summed E-state index contributed by atoms with van der Waals surface area (Å²) in [5.74, 6) is -1.28. The number of carboxylic acid groups (broad SMARTS) is 1. The molecule has 0 heterocycles. The largest absolute Gasteiger partial charge is 0.480 e. The summed E-state index contributed by atoms with van der Waals surface area (Å²) in [6.07, 6.45) is -0.961. The van der Waals surface area contributed by atoms with Gasteiger partial charge in [-0.05, 0) is 5.92 Å². The van der Waals surface area contributed by atoms with Gasteiger partial charge in [0, 0.05) is 0 Å². The van der Waals surface area contributed by atoms with Crippen molar-refractivity contribution >= 4 is 5.97 Å². The Kier molecular flexibility index (Phi) is 3.32. The van der Waals surface area contributed by atoms with E-state index in [0.29, 0.717) is 0 Å². The molecule has 0 aliphatic carbocycles. The molecule has 0 aromatic carbocycles. The maximum atomic E-state index is 10.2. The minimum Gasteiger partial charge on any atom is -0.480 e. The molecular weight excluding hydrogens is 134 g/mol. The van der Waals surface area contributed by atoms with Gasteiger partial charge in [-0.15, -0.1) is 0 Å². The molecule has 0 unspecified atom stereocenters. The fourth-order valence-electron chi connectivity index (χ4n) is 0.561. The summed E-state index contributed by atoms with van der Waals surface area (Å²) in [6.45, 7) is 3.43. The van der Waals surface area contributed by atoms with Crippen LogP contribution >= 0.6 is 0 Å². The number of rotatable bonds is 3. The van der Waals surface area contributed by atoms with Crippen molar-refractivity contribution in [3.8, 4) is 0 Å². The average Bonchev–Trinajstić information content (AvgIpc) is 1.84. The Balaban J connectivity index is 3.94. The number of hydrogen-bond acceptors (Lipinski definition) is 3. The van der Waals surface area contributed by atoms with Crippen molar-refractivity contribution in [3.63, 3.8) is 0 Å². The molecule has 4 N–H and O–H groups in total. The van der Waals surface area contributed by atoms with Crippen LogP contribution in [0.2, 0.25) is 0 Å². The zero-order valence-corrected chi connectivity index (χ0v) is 6.11. The summed E-state index contributed by atoms with van der Waals surface area (Å²) in [5, 5.41) is 17.4. The molecule has 0 saturated carbocycles. The van der Waals surface area contributed by atoms with E-state index in [2.05, 4.69) is 0 Å². The highest BCUT2D eigenvalue weighted by atomic mass is 16.4. The minimum atomic E-state index is -1.17. The van der Waals surface area contributed by atoms with E-state index in [1.54, 1.807) is 13.8 Å². The van der Waals surface area contributed by atoms with Gasteiger partial charge in [0.25, 0.3) is 0 Å². The number of aliphatic hydroxyl groups is 1. The number of aliphatic hydroxyl groups excluding tert-OH is 1. The van der Waals surface area contributed by atoms with Crippen LogP contribution in [-0.4, -0.2) is 28.3 Å². The first-order valence-corrected chi connectivity index (χ1v) is 3.13. The van der Waals surface area contributed by atoms with Crippen LogP contribution in [0.25, 0.3) is 0 Å². The molecule has 0 aromatic heterocycles. The van der Waals surface area contributed by atoms with Gasteiger partial charge in [0.1, 0.15) is 6.04 Å². The van der Waals surface area contributed by atoms with Gasteiger partial charge >= 0.3 is 5.97 Å². The van der Waals surface area contributed by atoms with E-state index < -0.39 is 18.1 Å². The van der Waals surface area contributed by atoms with Crippen LogP contribution in [0.1, 0.15) is 13.8 Å². The molecule has 0 aliphatic rings. The highest BCUT2D eigenvalue weighted by molar-refractivity contribution is 5.73. The van der Waals surface area contributed by atoms with Crippen molar-refractivity contribution in [2.24, 2.45) is 11.7 Å². The molecule has 0 rings (SSSR count). The third kappa shape index (κ3) is 2.33. The molecule has 0 bridgehead atoms. The average molecular weight is 147 g/mol.